The van der Waals surface area contributed by atoms with Crippen molar-refractivity contribution in [2.75, 3.05) is 13.7 Å². The highest BCUT2D eigenvalue weighted by molar-refractivity contribution is 5.71. The van der Waals surface area contributed by atoms with Gasteiger partial charge in [-0.2, -0.15) is 0 Å². The SMILES string of the molecule is CO[C@H]1[C@@H](CC=O)C[C@@H](C)[C@@H](O)/C=C/C=C/C[C@@H](C)OC(=O)C[C@@H](OC(C)=O)[C@@H]1CO. The van der Waals surface area contributed by atoms with Crippen LogP contribution in [0.5, 0.6) is 0 Å². The Balaban J connectivity index is 3.33. The molecule has 0 unspecified atom stereocenters. The van der Waals surface area contributed by atoms with Gasteiger partial charge in [0.2, 0.25) is 0 Å². The molecule has 8 heteroatoms. The molecule has 2 N–H and O–H groups in total. The van der Waals surface area contributed by atoms with Gasteiger partial charge in [-0.15, -0.1) is 0 Å². The smallest absolute Gasteiger partial charge is 0.309 e. The Morgan fingerprint density at radius 2 is 2.03 bits per heavy atom. The van der Waals surface area contributed by atoms with Gasteiger partial charge in [-0.1, -0.05) is 31.2 Å². The van der Waals surface area contributed by atoms with Gasteiger partial charge in [0.05, 0.1) is 25.2 Å². The number of ether oxygens (including phenoxy) is 3. The number of esters is 2. The van der Waals surface area contributed by atoms with Crippen LogP contribution in [-0.2, 0) is 28.6 Å². The normalized spacial score (nSPS) is 35.5. The lowest BCUT2D eigenvalue weighted by molar-refractivity contribution is -0.165. The van der Waals surface area contributed by atoms with Crippen LogP contribution >= 0.6 is 0 Å². The fraction of sp³-hybridized carbons (Fsp3) is 0.696. The van der Waals surface area contributed by atoms with E-state index in [1.54, 1.807) is 25.2 Å². The second-order valence-electron chi connectivity index (χ2n) is 8.11. The Morgan fingerprint density at radius 3 is 2.61 bits per heavy atom. The second kappa shape index (κ2) is 14.1. The first-order valence-corrected chi connectivity index (χ1v) is 10.7. The number of carbonyl (C=O) groups is 3. The summed E-state index contributed by atoms with van der Waals surface area (Å²) < 4.78 is 16.4. The van der Waals surface area contributed by atoms with Crippen molar-refractivity contribution in [3.8, 4) is 0 Å². The summed E-state index contributed by atoms with van der Waals surface area (Å²) in [5.41, 5.74) is 0. The number of cyclic esters (lactones) is 1. The van der Waals surface area contributed by atoms with Gasteiger partial charge >= 0.3 is 11.9 Å². The maximum Gasteiger partial charge on any atom is 0.309 e. The van der Waals surface area contributed by atoms with Crippen LogP contribution < -0.4 is 0 Å². The van der Waals surface area contributed by atoms with Crippen molar-refractivity contribution in [3.05, 3.63) is 24.3 Å². The molecule has 0 aliphatic carbocycles. The van der Waals surface area contributed by atoms with Gasteiger partial charge in [0, 0.05) is 32.8 Å². The molecule has 0 saturated heterocycles. The number of aliphatic hydroxyl groups is 2. The molecule has 176 valence electrons. The third-order valence-electron chi connectivity index (χ3n) is 5.54. The lowest BCUT2D eigenvalue weighted by Gasteiger charge is -2.36. The van der Waals surface area contributed by atoms with Crippen LogP contribution in [0.4, 0.5) is 0 Å². The Hall–Kier alpha value is -2.03. The number of hydrogen-bond acceptors (Lipinski definition) is 8. The molecule has 0 spiro atoms. The summed E-state index contributed by atoms with van der Waals surface area (Å²) >= 11 is 0. The Labute approximate surface area is 184 Å². The quantitative estimate of drug-likeness (QED) is 0.492. The molecule has 1 aliphatic heterocycles. The number of hydrogen-bond donors (Lipinski definition) is 2. The molecule has 0 aromatic heterocycles. The summed E-state index contributed by atoms with van der Waals surface area (Å²) in [6.45, 7) is 4.41. The zero-order valence-electron chi connectivity index (χ0n) is 18.8. The van der Waals surface area contributed by atoms with Gasteiger partial charge in [0.15, 0.2) is 0 Å². The van der Waals surface area contributed by atoms with Crippen molar-refractivity contribution in [2.24, 2.45) is 17.8 Å². The van der Waals surface area contributed by atoms with Crippen LogP contribution in [0.2, 0.25) is 0 Å². The molecule has 0 fully saturated rings. The third kappa shape index (κ3) is 9.33. The summed E-state index contributed by atoms with van der Waals surface area (Å²) in [6, 6.07) is 0. The van der Waals surface area contributed by atoms with E-state index in [0.29, 0.717) is 12.8 Å². The van der Waals surface area contributed by atoms with Gasteiger partial charge in [-0.3, -0.25) is 9.59 Å². The lowest BCUT2D eigenvalue weighted by Crippen LogP contribution is -2.44. The fourth-order valence-electron chi connectivity index (χ4n) is 3.95. The third-order valence-corrected chi connectivity index (χ3v) is 5.54. The van der Waals surface area contributed by atoms with Crippen LogP contribution in [0.1, 0.15) is 46.5 Å². The molecule has 0 aromatic carbocycles. The predicted octanol–water partition coefficient (Wildman–Crippen LogP) is 1.97. The lowest BCUT2D eigenvalue weighted by atomic mass is 9.79. The average molecular weight is 441 g/mol. The number of methoxy groups -OCH3 is 1. The van der Waals surface area contributed by atoms with Crippen molar-refractivity contribution < 1.29 is 38.8 Å². The molecule has 0 aromatic rings. The molecule has 0 saturated carbocycles. The number of aldehydes is 1. The number of allylic oxidation sites excluding steroid dienone is 2. The molecule has 0 radical (unpaired) electrons. The van der Waals surface area contributed by atoms with Crippen LogP contribution in [-0.4, -0.2) is 66.6 Å². The second-order valence-corrected chi connectivity index (χ2v) is 8.11. The van der Waals surface area contributed by atoms with Gasteiger partial charge in [0.25, 0.3) is 0 Å². The van der Waals surface area contributed by atoms with Crippen molar-refractivity contribution >= 4 is 18.2 Å². The minimum Gasteiger partial charge on any atom is -0.462 e. The fourth-order valence-corrected chi connectivity index (χ4v) is 3.95. The molecule has 1 heterocycles. The molecule has 7 atom stereocenters. The number of carbonyl (C=O) groups excluding carboxylic acids is 3. The van der Waals surface area contributed by atoms with E-state index in [-0.39, 0.29) is 24.7 Å². The minimum atomic E-state index is -0.982. The standard InChI is InChI=1S/C23H36O8/c1-15-12-18(10-11-24)23(29-4)19(14-25)21(31-17(3)26)13-22(28)30-16(2)8-6-5-7-9-20(15)27/h5-7,9,11,15-16,18-21,23,25,27H,8,10,12-14H2,1-4H3/b6-5+,9-7+/t15-,16-,18+,19+,20+,21-,23+/m1/s1. The highest BCUT2D eigenvalue weighted by Crippen LogP contribution is 2.31. The van der Waals surface area contributed by atoms with Crippen LogP contribution in [0.3, 0.4) is 0 Å². The first-order valence-electron chi connectivity index (χ1n) is 10.7. The van der Waals surface area contributed by atoms with E-state index in [1.807, 2.05) is 13.0 Å². The van der Waals surface area contributed by atoms with Crippen molar-refractivity contribution in [1.29, 1.82) is 0 Å². The summed E-state index contributed by atoms with van der Waals surface area (Å²) in [6.07, 6.45) is 5.74. The van der Waals surface area contributed by atoms with Gasteiger partial charge in [-0.25, -0.2) is 0 Å². The van der Waals surface area contributed by atoms with Crippen LogP contribution in [0, 0.1) is 17.8 Å². The van der Waals surface area contributed by atoms with Crippen molar-refractivity contribution in [1.82, 2.24) is 0 Å². The highest BCUT2D eigenvalue weighted by atomic mass is 16.6. The monoisotopic (exact) mass is 440 g/mol. The molecule has 1 aliphatic rings. The van der Waals surface area contributed by atoms with E-state index in [1.165, 1.54) is 14.0 Å². The van der Waals surface area contributed by atoms with E-state index >= 15 is 0 Å². The van der Waals surface area contributed by atoms with Crippen molar-refractivity contribution in [2.45, 2.75) is 70.9 Å². The van der Waals surface area contributed by atoms with E-state index in [4.69, 9.17) is 14.2 Å². The Bertz CT molecular complexity index is 629. The Kier molecular flexibility index (Phi) is 12.3. The first kappa shape index (κ1) is 27.0. The molecule has 0 amide bonds. The van der Waals surface area contributed by atoms with Crippen LogP contribution in [0.25, 0.3) is 0 Å². The molecular weight excluding hydrogens is 404 g/mol. The summed E-state index contributed by atoms with van der Waals surface area (Å²) in [5.74, 6) is -2.48. The molecule has 31 heavy (non-hydrogen) atoms. The molecular formula is C23H36O8. The Morgan fingerprint density at radius 1 is 1.32 bits per heavy atom. The summed E-state index contributed by atoms with van der Waals surface area (Å²) in [7, 11) is 1.44. The van der Waals surface area contributed by atoms with Crippen LogP contribution in [0.15, 0.2) is 24.3 Å². The average Bonchev–Trinajstić information content (AvgIpc) is 2.69. The van der Waals surface area contributed by atoms with E-state index < -0.39 is 48.9 Å². The molecule has 0 bridgehead atoms. The van der Waals surface area contributed by atoms with E-state index in [9.17, 15) is 24.6 Å². The van der Waals surface area contributed by atoms with Gasteiger partial charge in [0.1, 0.15) is 18.5 Å². The minimum absolute atomic E-state index is 0.129. The molecule has 1 rings (SSSR count). The predicted molar refractivity (Wildman–Crippen MR) is 114 cm³/mol. The number of aliphatic hydroxyl groups excluding tert-OH is 2. The van der Waals surface area contributed by atoms with Crippen molar-refractivity contribution in [3.63, 3.8) is 0 Å². The van der Waals surface area contributed by atoms with E-state index in [0.717, 1.165) is 6.29 Å². The summed E-state index contributed by atoms with van der Waals surface area (Å²) in [4.78, 5) is 35.5. The molecule has 8 nitrogen and oxygen atoms in total. The number of rotatable bonds is 5. The first-order chi connectivity index (χ1) is 14.7. The zero-order chi connectivity index (χ0) is 23.4. The van der Waals surface area contributed by atoms with E-state index in [2.05, 4.69) is 0 Å². The highest BCUT2D eigenvalue weighted by Gasteiger charge is 2.39. The largest absolute Gasteiger partial charge is 0.462 e. The van der Waals surface area contributed by atoms with Gasteiger partial charge in [-0.05, 0) is 25.2 Å². The maximum absolute atomic E-state index is 12.5. The topological polar surface area (TPSA) is 119 Å². The zero-order valence-corrected chi connectivity index (χ0v) is 18.8. The summed E-state index contributed by atoms with van der Waals surface area (Å²) in [5, 5.41) is 20.6. The maximum atomic E-state index is 12.5. The van der Waals surface area contributed by atoms with Gasteiger partial charge < -0.3 is 29.2 Å².